The van der Waals surface area contributed by atoms with Gasteiger partial charge in [-0.05, 0) is 104 Å². The quantitative estimate of drug-likeness (QED) is 0.0803. The SMILES string of the molecule is COC(=O)c1cccc(-n2c(C)cc([C@H]3[C@@H](c4ccccn4)NC(=S)N3c3ccc(Sc4ccc([N+](=O)[O-])cc4)cc3)c2C)c1. The van der Waals surface area contributed by atoms with Crippen molar-refractivity contribution in [3.05, 3.63) is 142 Å². The summed E-state index contributed by atoms with van der Waals surface area (Å²) in [6, 6.07) is 29.6. The smallest absolute Gasteiger partial charge is 0.337 e. The molecule has 0 bridgehead atoms. The Kier molecular flexibility index (Phi) is 8.38. The highest BCUT2D eigenvalue weighted by molar-refractivity contribution is 7.99. The molecule has 1 N–H and O–H groups in total. The summed E-state index contributed by atoms with van der Waals surface area (Å²) in [5.41, 5.74) is 6.29. The van der Waals surface area contributed by atoms with E-state index in [9.17, 15) is 14.9 Å². The van der Waals surface area contributed by atoms with Gasteiger partial charge in [-0.25, -0.2) is 4.79 Å². The molecule has 0 aliphatic carbocycles. The number of aryl methyl sites for hydroxylation is 1. The van der Waals surface area contributed by atoms with Gasteiger partial charge in [0.2, 0.25) is 0 Å². The van der Waals surface area contributed by atoms with E-state index in [0.717, 1.165) is 43.8 Å². The second-order valence-corrected chi connectivity index (χ2v) is 12.1. The lowest BCUT2D eigenvalue weighted by atomic mass is 9.96. The molecule has 2 aromatic heterocycles. The molecule has 45 heavy (non-hydrogen) atoms. The maximum absolute atomic E-state index is 12.3. The number of anilines is 1. The lowest BCUT2D eigenvalue weighted by Gasteiger charge is -2.28. The Morgan fingerprint density at radius 3 is 2.31 bits per heavy atom. The van der Waals surface area contributed by atoms with Crippen LogP contribution in [0.25, 0.3) is 5.69 Å². The molecule has 9 nitrogen and oxygen atoms in total. The Hall–Kier alpha value is -5.00. The number of nitrogens with zero attached hydrogens (tertiary/aromatic N) is 4. The van der Waals surface area contributed by atoms with Crippen molar-refractivity contribution < 1.29 is 14.5 Å². The molecule has 3 heterocycles. The molecule has 6 rings (SSSR count). The number of non-ortho nitro benzene ring substituents is 1. The highest BCUT2D eigenvalue weighted by Crippen LogP contribution is 2.44. The minimum Gasteiger partial charge on any atom is -0.465 e. The van der Waals surface area contributed by atoms with Crippen LogP contribution in [0, 0.1) is 24.0 Å². The molecular formula is C34H29N5O4S2. The summed E-state index contributed by atoms with van der Waals surface area (Å²) >= 11 is 7.48. The van der Waals surface area contributed by atoms with E-state index in [1.807, 2.05) is 67.6 Å². The fourth-order valence-corrected chi connectivity index (χ4v) is 6.93. The van der Waals surface area contributed by atoms with Crippen LogP contribution in [0.5, 0.6) is 0 Å². The molecule has 5 aromatic rings. The normalized spacial score (nSPS) is 16.0. The van der Waals surface area contributed by atoms with Crippen LogP contribution in [0.1, 0.15) is 45.1 Å². The van der Waals surface area contributed by atoms with Gasteiger partial charge in [0, 0.05) is 50.9 Å². The minimum atomic E-state index is -0.401. The molecular weight excluding hydrogens is 607 g/mol. The number of esters is 1. The largest absolute Gasteiger partial charge is 0.465 e. The number of hydrogen-bond donors (Lipinski definition) is 1. The standard InChI is InChI=1S/C34H29N5O4S2/c1-21-19-29(22(2)37(21)26-8-6-7-23(20-26)33(40)43-3)32-31(30-9-4-5-18-35-30)36-34(44)38(32)24-10-14-27(15-11-24)45-28-16-12-25(13-17-28)39(41)42/h4-20,31-32H,1-3H3,(H,36,44)/t31-,32+/m1/s1. The van der Waals surface area contributed by atoms with Crippen molar-refractivity contribution in [2.45, 2.75) is 35.7 Å². The number of benzene rings is 3. The van der Waals surface area contributed by atoms with E-state index in [1.54, 1.807) is 24.4 Å². The van der Waals surface area contributed by atoms with Crippen LogP contribution in [0.2, 0.25) is 0 Å². The molecule has 0 saturated carbocycles. The number of carbonyl (C=O) groups excluding carboxylic acids is 1. The zero-order valence-electron chi connectivity index (χ0n) is 24.7. The van der Waals surface area contributed by atoms with Crippen LogP contribution in [-0.4, -0.2) is 32.7 Å². The zero-order chi connectivity index (χ0) is 31.7. The van der Waals surface area contributed by atoms with Gasteiger partial charge in [-0.3, -0.25) is 15.1 Å². The topological polar surface area (TPSA) is 103 Å². The van der Waals surface area contributed by atoms with E-state index >= 15 is 0 Å². The summed E-state index contributed by atoms with van der Waals surface area (Å²) in [4.78, 5) is 31.6. The number of carbonyl (C=O) groups is 1. The molecule has 2 atom stereocenters. The summed E-state index contributed by atoms with van der Waals surface area (Å²) in [6.07, 6.45) is 1.78. The Labute approximate surface area is 270 Å². The third-order valence-corrected chi connectivity index (χ3v) is 9.14. The summed E-state index contributed by atoms with van der Waals surface area (Å²) in [6.45, 7) is 4.12. The van der Waals surface area contributed by atoms with Gasteiger partial charge in [-0.15, -0.1) is 0 Å². The molecule has 0 unspecified atom stereocenters. The van der Waals surface area contributed by atoms with Crippen molar-refractivity contribution in [3.8, 4) is 5.69 Å². The molecule has 1 fully saturated rings. The highest BCUT2D eigenvalue weighted by atomic mass is 32.2. The van der Waals surface area contributed by atoms with Crippen LogP contribution < -0.4 is 10.2 Å². The van der Waals surface area contributed by atoms with Crippen molar-refractivity contribution in [2.75, 3.05) is 12.0 Å². The van der Waals surface area contributed by atoms with Crippen LogP contribution in [0.3, 0.4) is 0 Å². The predicted octanol–water partition coefficient (Wildman–Crippen LogP) is 7.51. The van der Waals surface area contributed by atoms with Crippen molar-refractivity contribution in [3.63, 3.8) is 0 Å². The molecule has 3 aromatic carbocycles. The number of rotatable bonds is 8. The van der Waals surface area contributed by atoms with E-state index < -0.39 is 4.92 Å². The number of ether oxygens (including phenoxy) is 1. The lowest BCUT2D eigenvalue weighted by molar-refractivity contribution is -0.384. The molecule has 0 radical (unpaired) electrons. The van der Waals surface area contributed by atoms with Crippen molar-refractivity contribution >= 4 is 46.4 Å². The fourth-order valence-electron chi connectivity index (χ4n) is 5.77. The zero-order valence-corrected chi connectivity index (χ0v) is 26.3. The van der Waals surface area contributed by atoms with Gasteiger partial charge in [-0.2, -0.15) is 0 Å². The van der Waals surface area contributed by atoms with Crippen LogP contribution >= 0.6 is 24.0 Å². The minimum absolute atomic E-state index is 0.0637. The molecule has 0 amide bonds. The molecule has 1 aliphatic heterocycles. The van der Waals surface area contributed by atoms with Gasteiger partial charge >= 0.3 is 5.97 Å². The molecule has 226 valence electrons. The number of methoxy groups -OCH3 is 1. The van der Waals surface area contributed by atoms with Gasteiger partial charge in [0.25, 0.3) is 5.69 Å². The highest BCUT2D eigenvalue weighted by Gasteiger charge is 2.42. The number of nitro benzene ring substituents is 1. The molecule has 1 saturated heterocycles. The van der Waals surface area contributed by atoms with Crippen LogP contribution in [0.4, 0.5) is 11.4 Å². The molecule has 0 spiro atoms. The van der Waals surface area contributed by atoms with E-state index in [-0.39, 0.29) is 23.7 Å². The van der Waals surface area contributed by atoms with Crippen molar-refractivity contribution in [2.24, 2.45) is 0 Å². The maximum Gasteiger partial charge on any atom is 0.337 e. The number of nitro groups is 1. The fraction of sp³-hybridized carbons (Fsp3) is 0.147. The first-order chi connectivity index (χ1) is 21.7. The summed E-state index contributed by atoms with van der Waals surface area (Å²) in [7, 11) is 1.38. The predicted molar refractivity (Wildman–Crippen MR) is 178 cm³/mol. The van der Waals surface area contributed by atoms with Gasteiger partial charge in [0.15, 0.2) is 5.11 Å². The van der Waals surface area contributed by atoms with Gasteiger partial charge < -0.3 is 19.5 Å². The number of pyridine rings is 1. The average molecular weight is 636 g/mol. The van der Waals surface area contributed by atoms with Crippen molar-refractivity contribution in [1.29, 1.82) is 0 Å². The van der Waals surface area contributed by atoms with E-state index in [1.165, 1.54) is 31.0 Å². The second-order valence-electron chi connectivity index (χ2n) is 10.5. The third kappa shape index (κ3) is 5.92. The second kappa shape index (κ2) is 12.5. The average Bonchev–Trinajstić information content (AvgIpc) is 3.56. The van der Waals surface area contributed by atoms with E-state index in [4.69, 9.17) is 17.0 Å². The number of nitrogens with one attached hydrogen (secondary N) is 1. The Balaban J connectivity index is 1.38. The third-order valence-electron chi connectivity index (χ3n) is 7.81. The van der Waals surface area contributed by atoms with Gasteiger partial charge in [0.1, 0.15) is 0 Å². The first-order valence-electron chi connectivity index (χ1n) is 14.2. The number of aromatic nitrogens is 2. The maximum atomic E-state index is 12.3. The first-order valence-corrected chi connectivity index (χ1v) is 15.4. The molecule has 1 aliphatic rings. The summed E-state index contributed by atoms with van der Waals surface area (Å²) < 4.78 is 7.10. The van der Waals surface area contributed by atoms with Crippen molar-refractivity contribution in [1.82, 2.24) is 14.9 Å². The Bertz CT molecular complexity index is 1890. The first kappa shape index (κ1) is 30.0. The van der Waals surface area contributed by atoms with Crippen LogP contribution in [0.15, 0.2) is 113 Å². The lowest BCUT2D eigenvalue weighted by Crippen LogP contribution is -2.29. The van der Waals surface area contributed by atoms with Crippen LogP contribution in [-0.2, 0) is 4.74 Å². The monoisotopic (exact) mass is 635 g/mol. The van der Waals surface area contributed by atoms with Gasteiger partial charge in [0.05, 0.1) is 35.4 Å². The van der Waals surface area contributed by atoms with Gasteiger partial charge in [-0.1, -0.05) is 23.9 Å². The number of thiocarbonyl (C=S) groups is 1. The Morgan fingerprint density at radius 2 is 1.67 bits per heavy atom. The molecule has 11 heteroatoms. The summed E-state index contributed by atoms with van der Waals surface area (Å²) in [5, 5.41) is 15.1. The van der Waals surface area contributed by atoms with E-state index in [2.05, 4.69) is 32.8 Å². The summed E-state index contributed by atoms with van der Waals surface area (Å²) in [5.74, 6) is -0.388. The number of hydrogen-bond acceptors (Lipinski definition) is 7. The Morgan fingerprint density at radius 1 is 0.956 bits per heavy atom. The van der Waals surface area contributed by atoms with E-state index in [0.29, 0.717) is 10.7 Å².